The van der Waals surface area contributed by atoms with Crippen LogP contribution in [0.15, 0.2) is 6.20 Å². The average Bonchev–Trinajstić information content (AvgIpc) is 2.73. The number of rotatable bonds is 6. The number of nitrogens with zero attached hydrogens (tertiary/aromatic N) is 1. The lowest BCUT2D eigenvalue weighted by Gasteiger charge is -2.17. The Hall–Kier alpha value is -1.14. The molecular formula is C12H21N3O2S. The SMILES string of the molecule is CCc1cnc(CCNC(=O)NCC(C)(C)O)s1. The normalized spacial score (nSPS) is 11.3. The highest BCUT2D eigenvalue weighted by atomic mass is 32.1. The Kier molecular flexibility index (Phi) is 5.55. The molecule has 0 bridgehead atoms. The third-order valence-electron chi connectivity index (χ3n) is 2.26. The van der Waals surface area contributed by atoms with Gasteiger partial charge in [-0.2, -0.15) is 0 Å². The van der Waals surface area contributed by atoms with Gasteiger partial charge in [0.15, 0.2) is 0 Å². The predicted molar refractivity (Wildman–Crippen MR) is 72.9 cm³/mol. The lowest BCUT2D eigenvalue weighted by atomic mass is 10.1. The third-order valence-corrected chi connectivity index (χ3v) is 3.46. The standard InChI is InChI=1S/C12H21N3O2S/c1-4-9-7-14-10(18-9)5-6-13-11(16)15-8-12(2,3)17/h7,17H,4-6,8H2,1-3H3,(H2,13,15,16). The number of carbonyl (C=O) groups excluding carboxylic acids is 1. The molecule has 1 rings (SSSR count). The summed E-state index contributed by atoms with van der Waals surface area (Å²) in [5.74, 6) is 0. The Morgan fingerprint density at radius 2 is 2.22 bits per heavy atom. The molecule has 0 saturated carbocycles. The van der Waals surface area contributed by atoms with Crippen molar-refractivity contribution in [3.05, 3.63) is 16.1 Å². The second kappa shape index (κ2) is 6.70. The largest absolute Gasteiger partial charge is 0.389 e. The molecule has 1 heterocycles. The van der Waals surface area contributed by atoms with Gasteiger partial charge in [0.05, 0.1) is 10.6 Å². The Labute approximate surface area is 112 Å². The molecule has 0 fully saturated rings. The summed E-state index contributed by atoms with van der Waals surface area (Å²) in [5, 5.41) is 15.8. The van der Waals surface area contributed by atoms with Gasteiger partial charge in [0.25, 0.3) is 0 Å². The smallest absolute Gasteiger partial charge is 0.314 e. The van der Waals surface area contributed by atoms with Crippen molar-refractivity contribution in [2.24, 2.45) is 0 Å². The zero-order valence-electron chi connectivity index (χ0n) is 11.1. The minimum absolute atomic E-state index is 0.232. The van der Waals surface area contributed by atoms with Gasteiger partial charge in [-0.3, -0.25) is 0 Å². The monoisotopic (exact) mass is 271 g/mol. The first-order valence-corrected chi connectivity index (χ1v) is 6.90. The molecule has 1 aromatic heterocycles. The van der Waals surface area contributed by atoms with Crippen molar-refractivity contribution in [3.63, 3.8) is 0 Å². The summed E-state index contributed by atoms with van der Waals surface area (Å²) in [6.45, 7) is 6.17. The lowest BCUT2D eigenvalue weighted by molar-refractivity contribution is 0.0819. The summed E-state index contributed by atoms with van der Waals surface area (Å²) < 4.78 is 0. The van der Waals surface area contributed by atoms with Gasteiger partial charge in [0, 0.05) is 30.6 Å². The number of aryl methyl sites for hydroxylation is 1. The molecule has 0 saturated heterocycles. The van der Waals surface area contributed by atoms with E-state index in [0.717, 1.165) is 17.8 Å². The van der Waals surface area contributed by atoms with Crippen LogP contribution in [0.2, 0.25) is 0 Å². The van der Waals surface area contributed by atoms with Gasteiger partial charge in [-0.25, -0.2) is 9.78 Å². The molecule has 0 aliphatic heterocycles. The molecule has 5 nitrogen and oxygen atoms in total. The molecular weight excluding hydrogens is 250 g/mol. The first-order chi connectivity index (χ1) is 8.40. The highest BCUT2D eigenvalue weighted by Gasteiger charge is 2.13. The lowest BCUT2D eigenvalue weighted by Crippen LogP contribution is -2.43. The van der Waals surface area contributed by atoms with Crippen molar-refractivity contribution in [2.45, 2.75) is 39.2 Å². The molecule has 18 heavy (non-hydrogen) atoms. The minimum Gasteiger partial charge on any atom is -0.389 e. The third kappa shape index (κ3) is 5.97. The molecule has 0 atom stereocenters. The second-order valence-electron chi connectivity index (χ2n) is 4.75. The van der Waals surface area contributed by atoms with Gasteiger partial charge in [-0.1, -0.05) is 6.92 Å². The quantitative estimate of drug-likeness (QED) is 0.730. The molecule has 3 N–H and O–H groups in total. The van der Waals surface area contributed by atoms with E-state index in [1.807, 2.05) is 6.20 Å². The van der Waals surface area contributed by atoms with E-state index in [4.69, 9.17) is 0 Å². The number of aromatic nitrogens is 1. The van der Waals surface area contributed by atoms with E-state index in [1.165, 1.54) is 4.88 Å². The molecule has 0 unspecified atom stereocenters. The zero-order valence-corrected chi connectivity index (χ0v) is 11.9. The van der Waals surface area contributed by atoms with E-state index < -0.39 is 5.60 Å². The Morgan fingerprint density at radius 1 is 1.50 bits per heavy atom. The summed E-state index contributed by atoms with van der Waals surface area (Å²) in [6, 6.07) is -0.260. The summed E-state index contributed by atoms with van der Waals surface area (Å²) in [4.78, 5) is 16.9. The molecule has 6 heteroatoms. The van der Waals surface area contributed by atoms with E-state index in [2.05, 4.69) is 22.5 Å². The second-order valence-corrected chi connectivity index (χ2v) is 5.95. The molecule has 0 spiro atoms. The van der Waals surface area contributed by atoms with E-state index in [1.54, 1.807) is 25.2 Å². The van der Waals surface area contributed by atoms with Crippen molar-refractivity contribution < 1.29 is 9.90 Å². The topological polar surface area (TPSA) is 74.2 Å². The van der Waals surface area contributed by atoms with E-state index in [0.29, 0.717) is 6.54 Å². The highest BCUT2D eigenvalue weighted by molar-refractivity contribution is 7.11. The fraction of sp³-hybridized carbons (Fsp3) is 0.667. The summed E-state index contributed by atoms with van der Waals surface area (Å²) in [5.41, 5.74) is -0.886. The van der Waals surface area contributed by atoms with Crippen LogP contribution in [0.5, 0.6) is 0 Å². The number of carbonyl (C=O) groups is 1. The van der Waals surface area contributed by atoms with Crippen LogP contribution in [-0.4, -0.2) is 34.8 Å². The van der Waals surface area contributed by atoms with Gasteiger partial charge in [-0.15, -0.1) is 11.3 Å². The van der Waals surface area contributed by atoms with Crippen molar-refractivity contribution >= 4 is 17.4 Å². The molecule has 0 aromatic carbocycles. The molecule has 102 valence electrons. The van der Waals surface area contributed by atoms with Gasteiger partial charge >= 0.3 is 6.03 Å². The molecule has 0 radical (unpaired) electrons. The van der Waals surface area contributed by atoms with Crippen LogP contribution in [-0.2, 0) is 12.8 Å². The number of thiazole rings is 1. The van der Waals surface area contributed by atoms with Crippen LogP contribution in [0, 0.1) is 0 Å². The maximum Gasteiger partial charge on any atom is 0.314 e. The van der Waals surface area contributed by atoms with Crippen LogP contribution in [0.3, 0.4) is 0 Å². The average molecular weight is 271 g/mol. The number of aliphatic hydroxyl groups is 1. The molecule has 0 aliphatic carbocycles. The van der Waals surface area contributed by atoms with Gasteiger partial charge in [0.1, 0.15) is 0 Å². The number of urea groups is 1. The predicted octanol–water partition coefficient (Wildman–Crippen LogP) is 1.32. The van der Waals surface area contributed by atoms with Crippen LogP contribution >= 0.6 is 11.3 Å². The van der Waals surface area contributed by atoms with Crippen molar-refractivity contribution in [2.75, 3.05) is 13.1 Å². The summed E-state index contributed by atoms with van der Waals surface area (Å²) >= 11 is 1.68. The number of hydrogen-bond donors (Lipinski definition) is 3. The van der Waals surface area contributed by atoms with Crippen LogP contribution < -0.4 is 10.6 Å². The van der Waals surface area contributed by atoms with Crippen LogP contribution in [0.4, 0.5) is 4.79 Å². The molecule has 0 aliphatic rings. The zero-order chi connectivity index (χ0) is 13.6. The number of amides is 2. The van der Waals surface area contributed by atoms with Crippen LogP contribution in [0.25, 0.3) is 0 Å². The van der Waals surface area contributed by atoms with E-state index in [-0.39, 0.29) is 12.6 Å². The van der Waals surface area contributed by atoms with Crippen LogP contribution in [0.1, 0.15) is 30.7 Å². The van der Waals surface area contributed by atoms with E-state index >= 15 is 0 Å². The number of nitrogens with one attached hydrogen (secondary N) is 2. The fourth-order valence-corrected chi connectivity index (χ4v) is 2.13. The van der Waals surface area contributed by atoms with Gasteiger partial charge < -0.3 is 15.7 Å². The van der Waals surface area contributed by atoms with Gasteiger partial charge in [-0.05, 0) is 20.3 Å². The Bertz CT molecular complexity index is 385. The highest BCUT2D eigenvalue weighted by Crippen LogP contribution is 2.13. The van der Waals surface area contributed by atoms with Crippen molar-refractivity contribution in [1.82, 2.24) is 15.6 Å². The van der Waals surface area contributed by atoms with Crippen molar-refractivity contribution in [1.29, 1.82) is 0 Å². The Balaban J connectivity index is 2.19. The summed E-state index contributed by atoms with van der Waals surface area (Å²) in [7, 11) is 0. The maximum absolute atomic E-state index is 11.4. The van der Waals surface area contributed by atoms with E-state index in [9.17, 15) is 9.90 Å². The first-order valence-electron chi connectivity index (χ1n) is 6.08. The maximum atomic E-state index is 11.4. The Morgan fingerprint density at radius 3 is 2.78 bits per heavy atom. The summed E-state index contributed by atoms with van der Waals surface area (Å²) in [6.07, 6.45) is 3.62. The minimum atomic E-state index is -0.886. The molecule has 1 aromatic rings. The van der Waals surface area contributed by atoms with Gasteiger partial charge in [0.2, 0.25) is 0 Å². The van der Waals surface area contributed by atoms with Crippen molar-refractivity contribution in [3.8, 4) is 0 Å². The number of hydrogen-bond acceptors (Lipinski definition) is 4. The fourth-order valence-electron chi connectivity index (χ4n) is 1.27. The molecule has 2 amide bonds. The first kappa shape index (κ1) is 14.9.